The summed E-state index contributed by atoms with van der Waals surface area (Å²) in [5.41, 5.74) is 9.28. The van der Waals surface area contributed by atoms with Crippen molar-refractivity contribution in [3.05, 3.63) is 39.4 Å². The van der Waals surface area contributed by atoms with Gasteiger partial charge in [0.2, 0.25) is 0 Å². The Hall–Kier alpha value is -1.68. The summed E-state index contributed by atoms with van der Waals surface area (Å²) < 4.78 is 1.91. The Morgan fingerprint density at radius 3 is 2.71 bits per heavy atom. The molecule has 0 saturated heterocycles. The van der Waals surface area contributed by atoms with Crippen molar-refractivity contribution in [3.8, 4) is 0 Å². The van der Waals surface area contributed by atoms with Gasteiger partial charge in [-0.05, 0) is 50.3 Å². The molecule has 0 radical (unpaired) electrons. The van der Waals surface area contributed by atoms with E-state index >= 15 is 0 Å². The molecular weight excluding hydrogens is 262 g/mol. The van der Waals surface area contributed by atoms with Crippen LogP contribution in [-0.4, -0.2) is 9.55 Å². The van der Waals surface area contributed by atoms with Crippen molar-refractivity contribution in [1.29, 1.82) is 0 Å². The lowest BCUT2D eigenvalue weighted by molar-refractivity contribution is 0.238. The minimum absolute atomic E-state index is 0.110. The molecule has 2 aliphatic rings. The van der Waals surface area contributed by atoms with E-state index in [0.29, 0.717) is 0 Å². The monoisotopic (exact) mass is 283 g/mol. The molecule has 0 unspecified atom stereocenters. The number of hydrogen-bond donors (Lipinski definition) is 1. The molecule has 1 atom stereocenters. The van der Waals surface area contributed by atoms with Gasteiger partial charge in [-0.1, -0.05) is 12.5 Å². The van der Waals surface area contributed by atoms with Gasteiger partial charge in [0, 0.05) is 18.0 Å². The molecule has 4 heteroatoms. The standard InChI is InChI=1S/C17H21N3O/c1-10-8-12(11(2)18)14-13(9-10)15(21)20-7-6-17(4-3-5-17)16(20)19-14/h8-9,11H,3-7,18H2,1-2H3/t11-/m1/s1. The van der Waals surface area contributed by atoms with E-state index in [9.17, 15) is 4.79 Å². The second-order valence-electron chi connectivity index (χ2n) is 6.82. The van der Waals surface area contributed by atoms with Gasteiger partial charge in [-0.15, -0.1) is 0 Å². The predicted molar refractivity (Wildman–Crippen MR) is 83.5 cm³/mol. The molecule has 1 aliphatic carbocycles. The molecule has 1 saturated carbocycles. The average molecular weight is 283 g/mol. The van der Waals surface area contributed by atoms with E-state index in [1.54, 1.807) is 0 Å². The first-order valence-electron chi connectivity index (χ1n) is 7.83. The normalized spacial score (nSPS) is 20.5. The van der Waals surface area contributed by atoms with E-state index < -0.39 is 0 Å². The molecule has 2 heterocycles. The van der Waals surface area contributed by atoms with Gasteiger partial charge in [-0.25, -0.2) is 4.98 Å². The predicted octanol–water partition coefficient (Wildman–Crippen LogP) is 2.55. The zero-order chi connectivity index (χ0) is 14.8. The third-order valence-electron chi connectivity index (χ3n) is 5.32. The molecule has 1 aromatic carbocycles. The molecule has 1 aliphatic heterocycles. The van der Waals surface area contributed by atoms with Crippen molar-refractivity contribution < 1.29 is 0 Å². The topological polar surface area (TPSA) is 60.9 Å². The van der Waals surface area contributed by atoms with Crippen LogP contribution < -0.4 is 11.3 Å². The Morgan fingerprint density at radius 2 is 2.10 bits per heavy atom. The van der Waals surface area contributed by atoms with E-state index in [-0.39, 0.29) is 17.0 Å². The van der Waals surface area contributed by atoms with Gasteiger partial charge >= 0.3 is 0 Å². The minimum Gasteiger partial charge on any atom is -0.324 e. The van der Waals surface area contributed by atoms with Crippen LogP contribution in [-0.2, 0) is 12.0 Å². The Kier molecular flexibility index (Phi) is 2.58. The fourth-order valence-corrected chi connectivity index (χ4v) is 3.98. The molecule has 1 fully saturated rings. The van der Waals surface area contributed by atoms with E-state index in [4.69, 9.17) is 10.7 Å². The maximum Gasteiger partial charge on any atom is 0.261 e. The van der Waals surface area contributed by atoms with Crippen LogP contribution in [0, 0.1) is 6.92 Å². The summed E-state index contributed by atoms with van der Waals surface area (Å²) >= 11 is 0. The van der Waals surface area contributed by atoms with Crippen LogP contribution in [0.5, 0.6) is 0 Å². The quantitative estimate of drug-likeness (QED) is 0.875. The molecule has 2 N–H and O–H groups in total. The van der Waals surface area contributed by atoms with Crippen LogP contribution in [0.1, 0.15) is 55.6 Å². The number of fused-ring (bicyclic) bond motifs is 3. The SMILES string of the molecule is Cc1cc([C@@H](C)N)c2nc3n(c(=O)c2c1)CCC31CCC1. The first-order valence-corrected chi connectivity index (χ1v) is 7.83. The minimum atomic E-state index is -0.110. The average Bonchev–Trinajstić information content (AvgIpc) is 2.78. The molecule has 21 heavy (non-hydrogen) atoms. The van der Waals surface area contributed by atoms with E-state index in [0.717, 1.165) is 40.8 Å². The number of hydrogen-bond acceptors (Lipinski definition) is 3. The maximum absolute atomic E-state index is 12.9. The van der Waals surface area contributed by atoms with Gasteiger partial charge in [-0.3, -0.25) is 9.36 Å². The van der Waals surface area contributed by atoms with Crippen LogP contribution in [0.25, 0.3) is 10.9 Å². The van der Waals surface area contributed by atoms with Crippen molar-refractivity contribution in [2.45, 2.75) is 57.5 Å². The highest BCUT2D eigenvalue weighted by Gasteiger charge is 2.46. The van der Waals surface area contributed by atoms with Gasteiger partial charge < -0.3 is 5.73 Å². The molecule has 1 aromatic heterocycles. The number of aromatic nitrogens is 2. The fourth-order valence-electron chi connectivity index (χ4n) is 3.98. The largest absolute Gasteiger partial charge is 0.324 e. The number of rotatable bonds is 1. The van der Waals surface area contributed by atoms with Crippen LogP contribution in [0.2, 0.25) is 0 Å². The van der Waals surface area contributed by atoms with Crippen molar-refractivity contribution in [1.82, 2.24) is 9.55 Å². The highest BCUT2D eigenvalue weighted by Crippen LogP contribution is 2.49. The van der Waals surface area contributed by atoms with E-state index in [2.05, 4.69) is 6.07 Å². The lowest BCUT2D eigenvalue weighted by Crippen LogP contribution is -2.34. The van der Waals surface area contributed by atoms with E-state index in [1.807, 2.05) is 24.5 Å². The fraction of sp³-hybridized carbons (Fsp3) is 0.529. The zero-order valence-electron chi connectivity index (χ0n) is 12.6. The van der Waals surface area contributed by atoms with E-state index in [1.165, 1.54) is 19.3 Å². The first kappa shape index (κ1) is 13.0. The summed E-state index contributed by atoms with van der Waals surface area (Å²) in [7, 11) is 0. The summed E-state index contributed by atoms with van der Waals surface area (Å²) in [6.07, 6.45) is 4.66. The number of aryl methyl sites for hydroxylation is 1. The van der Waals surface area contributed by atoms with Gasteiger partial charge in [0.1, 0.15) is 5.82 Å². The lowest BCUT2D eigenvalue weighted by atomic mass is 9.67. The summed E-state index contributed by atoms with van der Waals surface area (Å²) in [6.45, 7) is 4.79. The van der Waals surface area contributed by atoms with Crippen molar-refractivity contribution >= 4 is 10.9 Å². The Balaban J connectivity index is 2.09. The highest BCUT2D eigenvalue weighted by atomic mass is 16.1. The molecule has 1 spiro atoms. The molecule has 2 aromatic rings. The maximum atomic E-state index is 12.9. The van der Waals surface area contributed by atoms with Crippen LogP contribution in [0.15, 0.2) is 16.9 Å². The van der Waals surface area contributed by atoms with Crippen LogP contribution in [0.3, 0.4) is 0 Å². The van der Waals surface area contributed by atoms with Crippen LogP contribution in [0.4, 0.5) is 0 Å². The Morgan fingerprint density at radius 1 is 1.33 bits per heavy atom. The zero-order valence-corrected chi connectivity index (χ0v) is 12.6. The summed E-state index contributed by atoms with van der Waals surface area (Å²) in [5, 5.41) is 0.724. The van der Waals surface area contributed by atoms with Gasteiger partial charge in [0.05, 0.1) is 10.9 Å². The highest BCUT2D eigenvalue weighted by molar-refractivity contribution is 5.82. The molecule has 4 rings (SSSR count). The third kappa shape index (κ3) is 1.65. The molecule has 4 nitrogen and oxygen atoms in total. The number of nitrogens with two attached hydrogens (primary N) is 1. The van der Waals surface area contributed by atoms with Crippen LogP contribution >= 0.6 is 0 Å². The Labute approximate surface area is 124 Å². The van der Waals surface area contributed by atoms with Gasteiger partial charge in [-0.2, -0.15) is 0 Å². The number of benzene rings is 1. The van der Waals surface area contributed by atoms with Crippen molar-refractivity contribution in [2.75, 3.05) is 0 Å². The summed E-state index contributed by atoms with van der Waals surface area (Å²) in [6, 6.07) is 3.91. The molecule has 0 amide bonds. The summed E-state index contributed by atoms with van der Waals surface area (Å²) in [4.78, 5) is 17.8. The number of nitrogens with zero attached hydrogens (tertiary/aromatic N) is 2. The lowest BCUT2D eigenvalue weighted by Gasteiger charge is -2.37. The third-order valence-corrected chi connectivity index (χ3v) is 5.32. The second-order valence-corrected chi connectivity index (χ2v) is 6.82. The van der Waals surface area contributed by atoms with Gasteiger partial charge in [0.25, 0.3) is 5.56 Å². The second kappa shape index (κ2) is 4.17. The van der Waals surface area contributed by atoms with Crippen molar-refractivity contribution in [2.24, 2.45) is 5.73 Å². The van der Waals surface area contributed by atoms with Gasteiger partial charge in [0.15, 0.2) is 0 Å². The molecular formula is C17H21N3O. The first-order chi connectivity index (χ1) is 10.0. The molecule has 110 valence electrons. The smallest absolute Gasteiger partial charge is 0.261 e. The Bertz CT molecular complexity index is 800. The van der Waals surface area contributed by atoms with Crippen molar-refractivity contribution in [3.63, 3.8) is 0 Å². The summed E-state index contributed by atoms with van der Waals surface area (Å²) in [5.74, 6) is 1.01. The molecule has 0 bridgehead atoms.